The van der Waals surface area contributed by atoms with Gasteiger partial charge in [0.25, 0.3) is 0 Å². The van der Waals surface area contributed by atoms with Gasteiger partial charge in [-0.3, -0.25) is 0 Å². The van der Waals surface area contributed by atoms with E-state index < -0.39 is 15.6 Å². The first-order valence-corrected chi connectivity index (χ1v) is 6.36. The van der Waals surface area contributed by atoms with Gasteiger partial charge in [0.05, 0.1) is 16.8 Å². The van der Waals surface area contributed by atoms with Gasteiger partial charge in [0.1, 0.15) is 0 Å². The molecule has 13 heavy (non-hydrogen) atoms. The largest absolute Gasteiger partial charge is 0.392 e. The highest BCUT2D eigenvalue weighted by Gasteiger charge is 2.32. The molecular formula is C7H16N2O2S2. The van der Waals surface area contributed by atoms with E-state index in [-0.39, 0.29) is 4.99 Å². The number of thiocarbonyl (C=S) groups is 1. The number of sulfonamides is 1. The van der Waals surface area contributed by atoms with Gasteiger partial charge in [0.15, 0.2) is 0 Å². The van der Waals surface area contributed by atoms with Crippen molar-refractivity contribution in [3.8, 4) is 0 Å². The summed E-state index contributed by atoms with van der Waals surface area (Å²) in [6.07, 6.45) is 2.23. The first-order valence-electron chi connectivity index (χ1n) is 4.06. The van der Waals surface area contributed by atoms with Gasteiger partial charge >= 0.3 is 0 Å². The molecule has 0 aromatic rings. The number of nitrogens with two attached hydrogens (primary N) is 1. The van der Waals surface area contributed by atoms with E-state index in [1.165, 1.54) is 0 Å². The molecular weight excluding hydrogens is 208 g/mol. The Morgan fingerprint density at radius 1 is 1.46 bits per heavy atom. The van der Waals surface area contributed by atoms with Crippen LogP contribution in [-0.4, -0.2) is 25.2 Å². The molecule has 0 saturated heterocycles. The van der Waals surface area contributed by atoms with Gasteiger partial charge in [0, 0.05) is 0 Å². The molecule has 0 aliphatic rings. The molecule has 0 fully saturated rings. The predicted molar refractivity (Wildman–Crippen MR) is 58.1 cm³/mol. The Labute approximate surface area is 84.9 Å². The van der Waals surface area contributed by atoms with Crippen molar-refractivity contribution in [3.05, 3.63) is 0 Å². The minimum Gasteiger partial charge on any atom is -0.392 e. The first kappa shape index (κ1) is 12.8. The molecule has 0 aromatic heterocycles. The third kappa shape index (κ3) is 3.58. The van der Waals surface area contributed by atoms with Gasteiger partial charge in [-0.2, -0.15) is 0 Å². The first-order chi connectivity index (χ1) is 5.77. The van der Waals surface area contributed by atoms with E-state index in [9.17, 15) is 8.42 Å². The van der Waals surface area contributed by atoms with Gasteiger partial charge in [-0.1, -0.05) is 26.1 Å². The van der Waals surface area contributed by atoms with Crippen LogP contribution in [0.1, 0.15) is 26.7 Å². The Morgan fingerprint density at radius 2 is 1.85 bits per heavy atom. The van der Waals surface area contributed by atoms with E-state index in [0.717, 1.165) is 6.26 Å². The van der Waals surface area contributed by atoms with Crippen LogP contribution in [0.25, 0.3) is 0 Å². The van der Waals surface area contributed by atoms with Crippen molar-refractivity contribution < 1.29 is 8.42 Å². The van der Waals surface area contributed by atoms with Gasteiger partial charge in [0.2, 0.25) is 10.0 Å². The molecule has 4 nitrogen and oxygen atoms in total. The SMILES string of the molecule is CCC(CC)(NS(C)(=O)=O)C(N)=S. The van der Waals surface area contributed by atoms with Crippen LogP contribution < -0.4 is 10.5 Å². The molecule has 0 unspecified atom stereocenters. The monoisotopic (exact) mass is 224 g/mol. The summed E-state index contributed by atoms with van der Waals surface area (Å²) in [6.45, 7) is 3.70. The zero-order chi connectivity index (χ0) is 10.7. The molecule has 0 aliphatic carbocycles. The summed E-state index contributed by atoms with van der Waals surface area (Å²) < 4.78 is 24.6. The molecule has 78 valence electrons. The van der Waals surface area contributed by atoms with Crippen molar-refractivity contribution in [2.24, 2.45) is 5.73 Å². The Bertz CT molecular complexity index is 281. The van der Waals surface area contributed by atoms with Crippen LogP contribution in [0, 0.1) is 0 Å². The van der Waals surface area contributed by atoms with Gasteiger partial charge < -0.3 is 5.73 Å². The Balaban J connectivity index is 4.90. The number of nitrogens with one attached hydrogen (secondary N) is 1. The lowest BCUT2D eigenvalue weighted by Gasteiger charge is -2.30. The van der Waals surface area contributed by atoms with E-state index in [1.807, 2.05) is 13.8 Å². The number of rotatable bonds is 5. The number of hydrogen-bond acceptors (Lipinski definition) is 3. The molecule has 0 aromatic carbocycles. The minimum absolute atomic E-state index is 0.197. The molecule has 6 heteroatoms. The standard InChI is InChI=1S/C7H16N2O2S2/c1-4-7(5-2,6(8)12)9-13(3,10)11/h9H,4-5H2,1-3H3,(H2,8,12). The van der Waals surface area contributed by atoms with Crippen molar-refractivity contribution in [3.63, 3.8) is 0 Å². The fraction of sp³-hybridized carbons (Fsp3) is 0.857. The summed E-state index contributed by atoms with van der Waals surface area (Å²) in [5.74, 6) is 0. The van der Waals surface area contributed by atoms with Crippen LogP contribution >= 0.6 is 12.2 Å². The van der Waals surface area contributed by atoms with Crippen molar-refractivity contribution in [1.82, 2.24) is 4.72 Å². The lowest BCUT2D eigenvalue weighted by atomic mass is 9.94. The second kappa shape index (κ2) is 4.34. The highest BCUT2D eigenvalue weighted by molar-refractivity contribution is 7.89. The Kier molecular flexibility index (Phi) is 4.28. The van der Waals surface area contributed by atoms with Gasteiger partial charge in [-0.05, 0) is 12.8 Å². The summed E-state index contributed by atoms with van der Waals surface area (Å²) in [4.78, 5) is 0.197. The fourth-order valence-electron chi connectivity index (χ4n) is 1.15. The highest BCUT2D eigenvalue weighted by atomic mass is 32.2. The van der Waals surface area contributed by atoms with Gasteiger partial charge in [-0.15, -0.1) is 0 Å². The topological polar surface area (TPSA) is 72.2 Å². The van der Waals surface area contributed by atoms with Gasteiger partial charge in [-0.25, -0.2) is 13.1 Å². The molecule has 0 rings (SSSR count). The van der Waals surface area contributed by atoms with E-state index >= 15 is 0 Å². The average molecular weight is 224 g/mol. The molecule has 3 N–H and O–H groups in total. The van der Waals surface area contributed by atoms with Crippen molar-refractivity contribution in [2.45, 2.75) is 32.2 Å². The molecule has 0 radical (unpaired) electrons. The van der Waals surface area contributed by atoms with Crippen LogP contribution in [0.4, 0.5) is 0 Å². The minimum atomic E-state index is -3.27. The van der Waals surface area contributed by atoms with Crippen LogP contribution in [-0.2, 0) is 10.0 Å². The maximum absolute atomic E-state index is 11.0. The predicted octanol–water partition coefficient (Wildman–Crippen LogP) is 0.381. The lowest BCUT2D eigenvalue weighted by molar-refractivity contribution is 0.468. The maximum atomic E-state index is 11.0. The smallest absolute Gasteiger partial charge is 0.209 e. The highest BCUT2D eigenvalue weighted by Crippen LogP contribution is 2.16. The van der Waals surface area contributed by atoms with E-state index in [4.69, 9.17) is 18.0 Å². The molecule has 0 heterocycles. The van der Waals surface area contributed by atoms with Crippen LogP contribution in [0.3, 0.4) is 0 Å². The molecule has 0 spiro atoms. The average Bonchev–Trinajstić information content (AvgIpc) is 1.98. The summed E-state index contributed by atoms with van der Waals surface area (Å²) in [6, 6.07) is 0. The van der Waals surface area contributed by atoms with Crippen LogP contribution in [0.2, 0.25) is 0 Å². The number of hydrogen-bond donors (Lipinski definition) is 2. The van der Waals surface area contributed by atoms with E-state index in [2.05, 4.69) is 4.72 Å². The Morgan fingerprint density at radius 3 is 1.92 bits per heavy atom. The Hall–Kier alpha value is -0.200. The van der Waals surface area contributed by atoms with E-state index in [1.54, 1.807) is 0 Å². The van der Waals surface area contributed by atoms with Crippen molar-refractivity contribution in [1.29, 1.82) is 0 Å². The quantitative estimate of drug-likeness (QED) is 0.662. The molecule has 0 aliphatic heterocycles. The van der Waals surface area contributed by atoms with E-state index in [0.29, 0.717) is 12.8 Å². The maximum Gasteiger partial charge on any atom is 0.209 e. The van der Waals surface area contributed by atoms with Crippen LogP contribution in [0.15, 0.2) is 0 Å². The van der Waals surface area contributed by atoms with Crippen molar-refractivity contribution in [2.75, 3.05) is 6.26 Å². The summed E-state index contributed by atoms with van der Waals surface area (Å²) in [7, 11) is -3.27. The van der Waals surface area contributed by atoms with Crippen LogP contribution in [0.5, 0.6) is 0 Å². The molecule has 0 atom stereocenters. The fourth-order valence-corrected chi connectivity index (χ4v) is 2.66. The zero-order valence-electron chi connectivity index (χ0n) is 8.12. The summed E-state index contributed by atoms with van der Waals surface area (Å²) >= 11 is 4.85. The second-order valence-corrected chi connectivity index (χ2v) is 5.22. The normalized spacial score (nSPS) is 12.8. The molecule has 0 saturated carbocycles. The third-order valence-corrected chi connectivity index (χ3v) is 3.21. The zero-order valence-corrected chi connectivity index (χ0v) is 9.76. The summed E-state index contributed by atoms with van der Waals surface area (Å²) in [5, 5.41) is 0. The van der Waals surface area contributed by atoms with Crippen molar-refractivity contribution >= 4 is 27.2 Å². The molecule has 0 amide bonds. The molecule has 0 bridgehead atoms. The third-order valence-electron chi connectivity index (χ3n) is 2.06. The lowest BCUT2D eigenvalue weighted by Crippen LogP contribution is -2.55. The second-order valence-electron chi connectivity index (χ2n) is 3.03. The summed E-state index contributed by atoms with van der Waals surface area (Å²) in [5.41, 5.74) is 4.74.